The van der Waals surface area contributed by atoms with Gasteiger partial charge in [-0.1, -0.05) is 35.1 Å². The standard InChI is InChI=1S/C17H14ClN5S/c1-11-8-19-7-6-13(11)9-20-16-22-23-10-15(21-17(23)24-16)12-2-4-14(18)5-3-12/h2-8,10H,9H2,1H3,(H,20,22). The van der Waals surface area contributed by atoms with E-state index in [1.807, 2.05) is 42.7 Å². The molecule has 0 saturated carbocycles. The van der Waals surface area contributed by atoms with E-state index in [-0.39, 0.29) is 0 Å². The molecule has 0 aliphatic rings. The van der Waals surface area contributed by atoms with E-state index in [1.54, 1.807) is 10.7 Å². The molecule has 0 aliphatic heterocycles. The van der Waals surface area contributed by atoms with E-state index in [0.29, 0.717) is 0 Å². The summed E-state index contributed by atoms with van der Waals surface area (Å²) in [6.45, 7) is 2.77. The van der Waals surface area contributed by atoms with Crippen molar-refractivity contribution in [3.63, 3.8) is 0 Å². The second-order valence-corrected chi connectivity index (χ2v) is 6.82. The Balaban J connectivity index is 1.53. The molecule has 4 rings (SSSR count). The molecular weight excluding hydrogens is 342 g/mol. The molecule has 5 nitrogen and oxygen atoms in total. The highest BCUT2D eigenvalue weighted by atomic mass is 35.5. The molecule has 0 amide bonds. The number of benzene rings is 1. The number of imidazole rings is 1. The van der Waals surface area contributed by atoms with Crippen LogP contribution in [0.2, 0.25) is 5.02 Å². The minimum Gasteiger partial charge on any atom is -0.356 e. The fraction of sp³-hybridized carbons (Fsp3) is 0.118. The van der Waals surface area contributed by atoms with Crippen molar-refractivity contribution in [2.24, 2.45) is 0 Å². The van der Waals surface area contributed by atoms with E-state index in [1.165, 1.54) is 16.9 Å². The van der Waals surface area contributed by atoms with Crippen LogP contribution < -0.4 is 5.32 Å². The number of fused-ring (bicyclic) bond motifs is 1. The van der Waals surface area contributed by atoms with Gasteiger partial charge in [-0.3, -0.25) is 4.98 Å². The molecule has 0 saturated heterocycles. The first-order valence-electron chi connectivity index (χ1n) is 7.44. The first-order valence-corrected chi connectivity index (χ1v) is 8.64. The van der Waals surface area contributed by atoms with Gasteiger partial charge in [-0.05, 0) is 36.2 Å². The number of nitrogens with zero attached hydrogens (tertiary/aromatic N) is 4. The molecule has 1 aromatic carbocycles. The molecule has 120 valence electrons. The maximum atomic E-state index is 5.93. The van der Waals surface area contributed by atoms with Crippen molar-refractivity contribution in [2.45, 2.75) is 13.5 Å². The molecule has 4 aromatic rings. The summed E-state index contributed by atoms with van der Waals surface area (Å²) in [6, 6.07) is 9.66. The number of anilines is 1. The lowest BCUT2D eigenvalue weighted by Crippen LogP contribution is -2.01. The van der Waals surface area contributed by atoms with Crippen molar-refractivity contribution < 1.29 is 0 Å². The van der Waals surface area contributed by atoms with Gasteiger partial charge in [0.15, 0.2) is 0 Å². The lowest BCUT2D eigenvalue weighted by atomic mass is 10.2. The first kappa shape index (κ1) is 15.1. The maximum Gasteiger partial charge on any atom is 0.214 e. The van der Waals surface area contributed by atoms with Crippen molar-refractivity contribution in [1.29, 1.82) is 0 Å². The number of rotatable bonds is 4. The van der Waals surface area contributed by atoms with Gasteiger partial charge in [0.25, 0.3) is 0 Å². The summed E-state index contributed by atoms with van der Waals surface area (Å²) >= 11 is 7.45. The Morgan fingerprint density at radius 3 is 2.79 bits per heavy atom. The zero-order valence-electron chi connectivity index (χ0n) is 12.9. The number of aromatic nitrogens is 4. The smallest absolute Gasteiger partial charge is 0.214 e. The minimum atomic E-state index is 0.717. The number of hydrogen-bond donors (Lipinski definition) is 1. The van der Waals surface area contributed by atoms with E-state index < -0.39 is 0 Å². The van der Waals surface area contributed by atoms with Crippen molar-refractivity contribution in [1.82, 2.24) is 19.6 Å². The van der Waals surface area contributed by atoms with Crippen molar-refractivity contribution in [3.05, 3.63) is 65.1 Å². The SMILES string of the molecule is Cc1cnccc1CNc1nn2cc(-c3ccc(Cl)cc3)nc2s1. The number of pyridine rings is 1. The van der Waals surface area contributed by atoms with E-state index in [0.717, 1.165) is 38.5 Å². The van der Waals surface area contributed by atoms with Gasteiger partial charge in [-0.25, -0.2) is 9.50 Å². The normalized spacial score (nSPS) is 11.1. The lowest BCUT2D eigenvalue weighted by molar-refractivity contribution is 0.959. The zero-order chi connectivity index (χ0) is 16.5. The van der Waals surface area contributed by atoms with Gasteiger partial charge in [-0.2, -0.15) is 0 Å². The molecule has 0 fully saturated rings. The van der Waals surface area contributed by atoms with Crippen molar-refractivity contribution in [3.8, 4) is 11.3 Å². The maximum absolute atomic E-state index is 5.93. The predicted molar refractivity (Wildman–Crippen MR) is 97.6 cm³/mol. The van der Waals surface area contributed by atoms with E-state index in [4.69, 9.17) is 11.6 Å². The largest absolute Gasteiger partial charge is 0.356 e. The molecule has 3 heterocycles. The number of nitrogens with one attached hydrogen (secondary N) is 1. The highest BCUT2D eigenvalue weighted by molar-refractivity contribution is 7.20. The average Bonchev–Trinajstić information content (AvgIpc) is 3.13. The fourth-order valence-corrected chi connectivity index (χ4v) is 3.31. The average molecular weight is 356 g/mol. The Labute approximate surface area is 148 Å². The van der Waals surface area contributed by atoms with Crippen LogP contribution >= 0.6 is 22.9 Å². The van der Waals surface area contributed by atoms with E-state index in [2.05, 4.69) is 27.3 Å². The van der Waals surface area contributed by atoms with Gasteiger partial charge in [0.05, 0.1) is 11.9 Å². The molecular formula is C17H14ClN5S. The summed E-state index contributed by atoms with van der Waals surface area (Å²) in [4.78, 5) is 9.59. The first-order chi connectivity index (χ1) is 11.7. The van der Waals surface area contributed by atoms with Crippen molar-refractivity contribution in [2.75, 3.05) is 5.32 Å². The van der Waals surface area contributed by atoms with Gasteiger partial charge < -0.3 is 5.32 Å². The van der Waals surface area contributed by atoms with Gasteiger partial charge in [-0.15, -0.1) is 5.10 Å². The molecule has 0 bridgehead atoms. The minimum absolute atomic E-state index is 0.717. The van der Waals surface area contributed by atoms with Crippen LogP contribution in [0.1, 0.15) is 11.1 Å². The Morgan fingerprint density at radius 2 is 2.04 bits per heavy atom. The van der Waals surface area contributed by atoms with Crippen LogP contribution in [-0.2, 0) is 6.54 Å². The van der Waals surface area contributed by atoms with Crippen LogP contribution in [0.3, 0.4) is 0 Å². The number of halogens is 1. The van der Waals surface area contributed by atoms with Crippen LogP contribution in [0.15, 0.2) is 48.9 Å². The van der Waals surface area contributed by atoms with E-state index >= 15 is 0 Å². The van der Waals surface area contributed by atoms with Gasteiger partial charge >= 0.3 is 0 Å². The highest BCUT2D eigenvalue weighted by Gasteiger charge is 2.10. The number of hydrogen-bond acceptors (Lipinski definition) is 5. The molecule has 0 aliphatic carbocycles. The van der Waals surface area contributed by atoms with Crippen molar-refractivity contribution >= 4 is 33.0 Å². The molecule has 0 spiro atoms. The Bertz CT molecular complexity index is 958. The summed E-state index contributed by atoms with van der Waals surface area (Å²) in [5.41, 5.74) is 4.29. The van der Waals surface area contributed by atoms with Gasteiger partial charge in [0, 0.05) is 29.5 Å². The molecule has 0 radical (unpaired) electrons. The zero-order valence-corrected chi connectivity index (χ0v) is 14.5. The summed E-state index contributed by atoms with van der Waals surface area (Å²) in [7, 11) is 0. The third kappa shape index (κ3) is 2.98. The Morgan fingerprint density at radius 1 is 1.21 bits per heavy atom. The highest BCUT2D eigenvalue weighted by Crippen LogP contribution is 2.25. The third-order valence-electron chi connectivity index (χ3n) is 3.75. The second kappa shape index (κ2) is 6.22. The topological polar surface area (TPSA) is 55.1 Å². The number of aryl methyl sites for hydroxylation is 1. The molecule has 3 aromatic heterocycles. The summed E-state index contributed by atoms with van der Waals surface area (Å²) in [5.74, 6) is 0. The summed E-state index contributed by atoms with van der Waals surface area (Å²) in [6.07, 6.45) is 5.60. The predicted octanol–water partition coefficient (Wildman–Crippen LogP) is 4.43. The van der Waals surface area contributed by atoms with Crippen LogP contribution in [-0.4, -0.2) is 19.6 Å². The fourth-order valence-electron chi connectivity index (χ4n) is 2.40. The quantitative estimate of drug-likeness (QED) is 0.588. The molecule has 0 unspecified atom stereocenters. The Hall–Kier alpha value is -2.44. The molecule has 7 heteroatoms. The van der Waals surface area contributed by atoms with Crippen LogP contribution in [0.4, 0.5) is 5.13 Å². The van der Waals surface area contributed by atoms with E-state index in [9.17, 15) is 0 Å². The van der Waals surface area contributed by atoms with Gasteiger partial charge in [0.2, 0.25) is 10.1 Å². The van der Waals surface area contributed by atoms with Gasteiger partial charge in [0.1, 0.15) is 0 Å². The monoisotopic (exact) mass is 355 g/mol. The molecule has 0 atom stereocenters. The van der Waals surface area contributed by atoms with Crippen LogP contribution in [0, 0.1) is 6.92 Å². The second-order valence-electron chi connectivity index (χ2n) is 5.42. The summed E-state index contributed by atoms with van der Waals surface area (Å²) in [5, 5.41) is 9.45. The van der Waals surface area contributed by atoms with Crippen LogP contribution in [0.5, 0.6) is 0 Å². The molecule has 24 heavy (non-hydrogen) atoms. The Kier molecular flexibility index (Phi) is 3.92. The van der Waals surface area contributed by atoms with Crippen LogP contribution in [0.25, 0.3) is 16.2 Å². The lowest BCUT2D eigenvalue weighted by Gasteiger charge is -2.04. The molecule has 1 N–H and O–H groups in total. The summed E-state index contributed by atoms with van der Waals surface area (Å²) < 4.78 is 1.80. The third-order valence-corrected chi connectivity index (χ3v) is 4.88.